The van der Waals surface area contributed by atoms with E-state index in [0.717, 1.165) is 91.1 Å². The Morgan fingerprint density at radius 3 is 2.45 bits per heavy atom. The van der Waals surface area contributed by atoms with Crippen molar-refractivity contribution in [3.8, 4) is 22.6 Å². The number of urea groups is 1. The molecule has 0 bridgehead atoms. The molecule has 2 amide bonds. The largest absolute Gasteiger partial charge is 0.496 e. The van der Waals surface area contributed by atoms with E-state index in [1.165, 1.54) is 32.4 Å². The Bertz CT molecular complexity index is 1880. The van der Waals surface area contributed by atoms with Gasteiger partial charge in [0.25, 0.3) is 5.56 Å². The van der Waals surface area contributed by atoms with Crippen LogP contribution in [0.4, 0.5) is 4.79 Å². The molecular weight excluding hydrogens is 870 g/mol. The summed E-state index contributed by atoms with van der Waals surface area (Å²) in [4.78, 5) is 46.0. The van der Waals surface area contributed by atoms with Gasteiger partial charge in [-0.3, -0.25) is 19.5 Å². The van der Waals surface area contributed by atoms with Crippen LogP contribution in [0.1, 0.15) is 44.1 Å². The predicted octanol–water partition coefficient (Wildman–Crippen LogP) is 4.20. The zero-order chi connectivity index (χ0) is 38.5. The quantitative estimate of drug-likeness (QED) is 0.0990. The van der Waals surface area contributed by atoms with Crippen LogP contribution in [0, 0.1) is 0 Å². The Morgan fingerprint density at radius 2 is 1.76 bits per heavy atom. The number of rotatable bonds is 13. The second-order valence-electron chi connectivity index (χ2n) is 14.0. The Hall–Kier alpha value is -4.29. The number of nitrogens with one attached hydrogen (secondary N) is 2. The van der Waals surface area contributed by atoms with Gasteiger partial charge in [-0.2, -0.15) is 0 Å². The van der Waals surface area contributed by atoms with E-state index in [9.17, 15) is 19.5 Å². The Kier molecular flexibility index (Phi) is 17.1. The first-order valence-corrected chi connectivity index (χ1v) is 18.8. The van der Waals surface area contributed by atoms with Gasteiger partial charge in [0.05, 0.1) is 32.3 Å². The first-order valence-electron chi connectivity index (χ1n) is 18.8. The van der Waals surface area contributed by atoms with Crippen LogP contribution in [-0.4, -0.2) is 114 Å². The number of likely N-dealkylation sites (tertiary alicyclic amines) is 2. The number of carbonyl (C=O) groups excluding carboxylic acids is 2. The number of piperidine rings is 2. The minimum absolute atomic E-state index is 0. The number of aliphatic hydroxyl groups excluding tert-OH is 1. The monoisotopic (exact) mass is 925 g/mol. The maximum Gasteiger partial charge on any atom is 0.321 e. The number of pyridine rings is 2. The van der Waals surface area contributed by atoms with Crippen LogP contribution in [0.2, 0.25) is 0 Å². The number of ether oxygens (including phenoxy) is 2. The smallest absolute Gasteiger partial charge is 0.321 e. The molecule has 3 fully saturated rings. The molecule has 0 radical (unpaired) electrons. The number of hydrogen-bond acceptors (Lipinski definition) is 10. The molecule has 0 saturated carbocycles. The number of carbonyl (C=O) groups is 2. The van der Waals surface area contributed by atoms with Crippen molar-refractivity contribution >= 4 is 23.1 Å². The van der Waals surface area contributed by atoms with Crippen molar-refractivity contribution < 1.29 is 45.2 Å². The van der Waals surface area contributed by atoms with Crippen molar-refractivity contribution in [2.75, 3.05) is 66.6 Å². The molecule has 3 N–H and O–H groups in total. The number of aldehydes is 1. The summed E-state index contributed by atoms with van der Waals surface area (Å²) in [6.07, 6.45) is 17.4. The van der Waals surface area contributed by atoms with Crippen molar-refractivity contribution in [2.24, 2.45) is 7.05 Å². The first kappa shape index (κ1) is 43.4. The summed E-state index contributed by atoms with van der Waals surface area (Å²) in [6.45, 7) is 11.4. The number of methoxy groups -OCH3 is 2. The van der Waals surface area contributed by atoms with E-state index in [4.69, 9.17) is 9.47 Å². The van der Waals surface area contributed by atoms with Crippen LogP contribution in [-0.2, 0) is 39.5 Å². The van der Waals surface area contributed by atoms with Crippen molar-refractivity contribution in [3.63, 3.8) is 0 Å². The zero-order valence-electron chi connectivity index (χ0n) is 32.3. The molecule has 6 rings (SSSR count). The van der Waals surface area contributed by atoms with Gasteiger partial charge in [0.1, 0.15) is 17.8 Å². The Labute approximate surface area is 338 Å². The summed E-state index contributed by atoms with van der Waals surface area (Å²) in [6, 6.07) is 5.65. The van der Waals surface area contributed by atoms with Gasteiger partial charge in [-0.1, -0.05) is 19.1 Å². The van der Waals surface area contributed by atoms with Crippen LogP contribution in [0.5, 0.6) is 11.5 Å². The van der Waals surface area contributed by atoms with Crippen molar-refractivity contribution in [1.82, 2.24) is 34.9 Å². The number of aromatic nitrogens is 2. The molecule has 55 heavy (non-hydrogen) atoms. The topological polar surface area (TPSA) is 142 Å². The standard InChI is InChI=1S/C23H27N3O4.C18H28N4O2.W/c1-25-14-20(17-4-7-24-12-19(17)23(25)28)18-11-21(29-2)15(10-22(18)30-3)13-26-8-5-16(27)6-9-26;1-16-7-12-22(18(24)20-16)14-17(15-23)6-5-8-19-9-13-21-10-3-2-4-11-21;/h4,7,10-12,14,16,27H,5-6,8-9,13H2,1-3H3;5-6,8,15,19H,1-4,7,9-14H2,(H,20,24);/b;8-5-,17-6-;. The normalized spacial score (nSPS) is 17.3. The van der Waals surface area contributed by atoms with E-state index in [2.05, 4.69) is 32.0 Å². The fourth-order valence-electron chi connectivity index (χ4n) is 7.03. The number of amides is 2. The maximum absolute atomic E-state index is 12.5. The molecule has 3 saturated heterocycles. The molecule has 3 aliphatic rings. The average Bonchev–Trinajstić information content (AvgIpc) is 3.19. The number of hydrogen-bond donors (Lipinski definition) is 3. The van der Waals surface area contributed by atoms with E-state index in [-0.39, 0.29) is 38.8 Å². The van der Waals surface area contributed by atoms with Crippen LogP contribution < -0.4 is 25.7 Å². The molecule has 3 aliphatic heterocycles. The second-order valence-corrected chi connectivity index (χ2v) is 14.0. The first-order chi connectivity index (χ1) is 26.2. The van der Waals surface area contributed by atoms with Crippen molar-refractivity contribution in [2.45, 2.75) is 51.2 Å². The minimum atomic E-state index is -0.201. The van der Waals surface area contributed by atoms with E-state index >= 15 is 0 Å². The van der Waals surface area contributed by atoms with Gasteiger partial charge in [0.15, 0.2) is 0 Å². The molecule has 0 atom stereocenters. The van der Waals surface area contributed by atoms with Crippen LogP contribution in [0.25, 0.3) is 21.9 Å². The second kappa shape index (κ2) is 21.7. The van der Waals surface area contributed by atoms with Gasteiger partial charge in [-0.15, -0.1) is 0 Å². The average molecular weight is 926 g/mol. The number of aryl methyl sites for hydroxylation is 1. The third-order valence-corrected chi connectivity index (χ3v) is 10.2. The van der Waals surface area contributed by atoms with E-state index in [0.29, 0.717) is 30.5 Å². The third kappa shape index (κ3) is 12.1. The third-order valence-electron chi connectivity index (χ3n) is 10.2. The summed E-state index contributed by atoms with van der Waals surface area (Å²) in [7, 11) is 5.05. The number of nitrogens with zero attached hydrogens (tertiary/aromatic N) is 5. The molecule has 296 valence electrons. The van der Waals surface area contributed by atoms with E-state index < -0.39 is 0 Å². The molecule has 0 spiro atoms. The number of aliphatic hydroxyl groups is 1. The SMILES string of the molecule is C=C1CCN(C/C(C=O)=C/C=C\NCCN2CCCCC2)C(=O)N1.COc1cc(-c2cn(C)c(=O)c3cnccc23)c(OC)cc1CN1CCC(O)CC1.[W]. The fraction of sp³-hybridized carbons (Fsp3) is 0.463. The summed E-state index contributed by atoms with van der Waals surface area (Å²) in [5.41, 5.74) is 4.00. The van der Waals surface area contributed by atoms with Crippen LogP contribution in [0.15, 0.2) is 77.8 Å². The van der Waals surface area contributed by atoms with E-state index in [1.807, 2.05) is 36.7 Å². The summed E-state index contributed by atoms with van der Waals surface area (Å²) in [5.74, 6) is 1.49. The minimum Gasteiger partial charge on any atom is -0.496 e. The molecule has 0 aliphatic carbocycles. The van der Waals surface area contributed by atoms with Gasteiger partial charge < -0.3 is 39.6 Å². The molecule has 13 nitrogen and oxygen atoms in total. The van der Waals surface area contributed by atoms with Crippen LogP contribution >= 0.6 is 0 Å². The van der Waals surface area contributed by atoms with Gasteiger partial charge in [-0.25, -0.2) is 4.79 Å². The Morgan fingerprint density at radius 1 is 1.02 bits per heavy atom. The molecule has 0 unspecified atom stereocenters. The molecule has 5 heterocycles. The van der Waals surface area contributed by atoms with E-state index in [1.54, 1.807) is 49.2 Å². The molecular formula is C41H55N7O6W. The van der Waals surface area contributed by atoms with Crippen molar-refractivity contribution in [1.29, 1.82) is 0 Å². The number of benzene rings is 1. The van der Waals surface area contributed by atoms with Gasteiger partial charge in [0.2, 0.25) is 0 Å². The zero-order valence-corrected chi connectivity index (χ0v) is 35.2. The molecule has 14 heteroatoms. The fourth-order valence-corrected chi connectivity index (χ4v) is 7.03. The summed E-state index contributed by atoms with van der Waals surface area (Å²) >= 11 is 0. The molecule has 3 aromatic rings. The number of fused-ring (bicyclic) bond motifs is 1. The summed E-state index contributed by atoms with van der Waals surface area (Å²) in [5, 5.41) is 17.1. The van der Waals surface area contributed by atoms with Crippen molar-refractivity contribution in [3.05, 3.63) is 88.9 Å². The van der Waals surface area contributed by atoms with Gasteiger partial charge in [0, 0.05) is 120 Å². The Balaban J connectivity index is 0.000000247. The van der Waals surface area contributed by atoms with Gasteiger partial charge in [-0.05, 0) is 74.6 Å². The molecule has 2 aromatic heterocycles. The van der Waals surface area contributed by atoms with Crippen LogP contribution in [0.3, 0.4) is 0 Å². The maximum atomic E-state index is 12.5. The molecule has 1 aromatic carbocycles. The summed E-state index contributed by atoms with van der Waals surface area (Å²) < 4.78 is 13.0. The predicted molar refractivity (Wildman–Crippen MR) is 211 cm³/mol. The van der Waals surface area contributed by atoms with Gasteiger partial charge >= 0.3 is 6.03 Å². The number of allylic oxidation sites excluding steroid dienone is 2.